The molecule has 0 unspecified atom stereocenters. The number of rotatable bonds is 3. The van der Waals surface area contributed by atoms with E-state index in [-0.39, 0.29) is 12.0 Å². The summed E-state index contributed by atoms with van der Waals surface area (Å²) < 4.78 is 6.48. The van der Waals surface area contributed by atoms with E-state index >= 15 is 0 Å². The number of anilines is 1. The first-order valence-corrected chi connectivity index (χ1v) is 7.25. The van der Waals surface area contributed by atoms with Crippen molar-refractivity contribution in [1.29, 1.82) is 0 Å². The van der Waals surface area contributed by atoms with Gasteiger partial charge in [0.15, 0.2) is 0 Å². The highest BCUT2D eigenvalue weighted by Crippen LogP contribution is 2.19. The molecule has 19 heavy (non-hydrogen) atoms. The van der Waals surface area contributed by atoms with E-state index in [1.54, 1.807) is 0 Å². The van der Waals surface area contributed by atoms with Crippen molar-refractivity contribution in [3.8, 4) is 0 Å². The van der Waals surface area contributed by atoms with Crippen LogP contribution in [0.15, 0.2) is 22.7 Å². The fourth-order valence-electron chi connectivity index (χ4n) is 2.15. The molecule has 5 heteroatoms. The summed E-state index contributed by atoms with van der Waals surface area (Å²) in [7, 11) is 0. The lowest BCUT2D eigenvalue weighted by molar-refractivity contribution is -0.136. The van der Waals surface area contributed by atoms with Crippen LogP contribution in [0.4, 0.5) is 5.69 Å². The Labute approximate surface area is 122 Å². The normalized spacial score (nSPS) is 19.3. The fourth-order valence-corrected chi connectivity index (χ4v) is 2.63. The summed E-state index contributed by atoms with van der Waals surface area (Å²) in [5.74, 6) is 0.123. The van der Waals surface area contributed by atoms with Gasteiger partial charge in [-0.1, -0.05) is 15.9 Å². The highest BCUT2D eigenvalue weighted by atomic mass is 79.9. The van der Waals surface area contributed by atoms with Gasteiger partial charge >= 0.3 is 0 Å². The van der Waals surface area contributed by atoms with Crippen LogP contribution in [0.3, 0.4) is 0 Å². The molecule has 1 atom stereocenters. The van der Waals surface area contributed by atoms with E-state index in [0.29, 0.717) is 26.2 Å². The Balaban J connectivity index is 1.89. The smallest absolute Gasteiger partial charge is 0.242 e. The molecule has 0 spiro atoms. The van der Waals surface area contributed by atoms with Gasteiger partial charge < -0.3 is 15.0 Å². The van der Waals surface area contributed by atoms with Crippen LogP contribution in [0, 0.1) is 6.92 Å². The summed E-state index contributed by atoms with van der Waals surface area (Å²) in [6, 6.07) is 5.98. The molecule has 1 aromatic rings. The van der Waals surface area contributed by atoms with Crippen molar-refractivity contribution in [2.75, 3.05) is 31.6 Å². The molecule has 1 aliphatic rings. The second-order valence-electron chi connectivity index (χ2n) is 4.83. The average Bonchev–Trinajstić information content (AvgIpc) is 2.37. The van der Waals surface area contributed by atoms with Gasteiger partial charge in [0.1, 0.15) is 0 Å². The van der Waals surface area contributed by atoms with Crippen molar-refractivity contribution in [2.24, 2.45) is 0 Å². The van der Waals surface area contributed by atoms with Gasteiger partial charge in [0.05, 0.1) is 19.3 Å². The summed E-state index contributed by atoms with van der Waals surface area (Å²) in [5.41, 5.74) is 2.12. The number of amides is 1. The molecule has 0 saturated carbocycles. The van der Waals surface area contributed by atoms with Gasteiger partial charge in [-0.3, -0.25) is 4.79 Å². The highest BCUT2D eigenvalue weighted by molar-refractivity contribution is 9.10. The van der Waals surface area contributed by atoms with Crippen LogP contribution in [0.25, 0.3) is 0 Å². The number of carbonyl (C=O) groups is 1. The number of hydrogen-bond acceptors (Lipinski definition) is 3. The van der Waals surface area contributed by atoms with Crippen molar-refractivity contribution < 1.29 is 9.53 Å². The fraction of sp³-hybridized carbons (Fsp3) is 0.500. The maximum atomic E-state index is 12.1. The highest BCUT2D eigenvalue weighted by Gasteiger charge is 2.20. The van der Waals surface area contributed by atoms with Crippen molar-refractivity contribution in [3.05, 3.63) is 28.2 Å². The molecule has 1 heterocycles. The van der Waals surface area contributed by atoms with Crippen molar-refractivity contribution in [3.63, 3.8) is 0 Å². The van der Waals surface area contributed by atoms with Crippen LogP contribution in [0.5, 0.6) is 0 Å². The Morgan fingerprint density at radius 2 is 2.37 bits per heavy atom. The van der Waals surface area contributed by atoms with Crippen LogP contribution in [0.1, 0.15) is 12.5 Å². The maximum absolute atomic E-state index is 12.1. The molecule has 1 amide bonds. The summed E-state index contributed by atoms with van der Waals surface area (Å²) in [4.78, 5) is 14.0. The molecule has 4 nitrogen and oxygen atoms in total. The monoisotopic (exact) mass is 326 g/mol. The lowest BCUT2D eigenvalue weighted by Crippen LogP contribution is -2.46. The summed E-state index contributed by atoms with van der Waals surface area (Å²) in [6.07, 6.45) is 0.132. The molecule has 2 rings (SSSR count). The van der Waals surface area contributed by atoms with Gasteiger partial charge in [0.25, 0.3) is 0 Å². The third kappa shape index (κ3) is 3.94. The molecule has 104 valence electrons. The second kappa shape index (κ2) is 6.39. The minimum atomic E-state index is 0.123. The molecule has 1 saturated heterocycles. The van der Waals surface area contributed by atoms with Gasteiger partial charge in [-0.2, -0.15) is 0 Å². The van der Waals surface area contributed by atoms with E-state index in [2.05, 4.69) is 21.2 Å². The standard InChI is InChI=1S/C14H19BrN2O2/c1-10-7-12(15)3-4-13(10)16-8-14(18)17-5-6-19-11(2)9-17/h3-4,7,11,16H,5-6,8-9H2,1-2H3/t11-/m1/s1. The predicted octanol–water partition coefficient (Wildman–Crippen LogP) is 2.42. The first kappa shape index (κ1) is 14.3. The van der Waals surface area contributed by atoms with E-state index in [1.165, 1.54) is 0 Å². The molecule has 1 aromatic carbocycles. The lowest BCUT2D eigenvalue weighted by atomic mass is 10.2. The Morgan fingerprint density at radius 1 is 1.58 bits per heavy atom. The number of benzene rings is 1. The average molecular weight is 327 g/mol. The molecule has 1 aliphatic heterocycles. The number of carbonyl (C=O) groups excluding carboxylic acids is 1. The molecular weight excluding hydrogens is 308 g/mol. The topological polar surface area (TPSA) is 41.6 Å². The Morgan fingerprint density at radius 3 is 3.05 bits per heavy atom. The third-order valence-corrected chi connectivity index (χ3v) is 3.71. The third-order valence-electron chi connectivity index (χ3n) is 3.21. The van der Waals surface area contributed by atoms with Gasteiger partial charge in [-0.15, -0.1) is 0 Å². The zero-order valence-corrected chi connectivity index (χ0v) is 12.9. The summed E-state index contributed by atoms with van der Waals surface area (Å²) in [5, 5.41) is 3.20. The van der Waals surface area contributed by atoms with Crippen LogP contribution in [0.2, 0.25) is 0 Å². The second-order valence-corrected chi connectivity index (χ2v) is 5.75. The maximum Gasteiger partial charge on any atom is 0.242 e. The van der Waals surface area contributed by atoms with Crippen LogP contribution >= 0.6 is 15.9 Å². The number of ether oxygens (including phenoxy) is 1. The molecular formula is C14H19BrN2O2. The SMILES string of the molecule is Cc1cc(Br)ccc1NCC(=O)N1CCO[C@H](C)C1. The summed E-state index contributed by atoms with van der Waals surface area (Å²) in [6.45, 7) is 6.34. The molecule has 0 aliphatic carbocycles. The van der Waals surface area contributed by atoms with E-state index < -0.39 is 0 Å². The number of aryl methyl sites for hydroxylation is 1. The predicted molar refractivity (Wildman–Crippen MR) is 79.4 cm³/mol. The minimum absolute atomic E-state index is 0.123. The number of morpholine rings is 1. The zero-order valence-electron chi connectivity index (χ0n) is 11.3. The first-order valence-electron chi connectivity index (χ1n) is 6.45. The molecule has 0 radical (unpaired) electrons. The van der Waals surface area contributed by atoms with Crippen LogP contribution in [-0.4, -0.2) is 43.2 Å². The van der Waals surface area contributed by atoms with Crippen molar-refractivity contribution in [2.45, 2.75) is 20.0 Å². The number of nitrogens with zero attached hydrogens (tertiary/aromatic N) is 1. The zero-order chi connectivity index (χ0) is 13.8. The number of hydrogen-bond donors (Lipinski definition) is 1. The minimum Gasteiger partial charge on any atom is -0.376 e. The van der Waals surface area contributed by atoms with E-state index in [9.17, 15) is 4.79 Å². The van der Waals surface area contributed by atoms with Crippen molar-refractivity contribution in [1.82, 2.24) is 4.90 Å². The van der Waals surface area contributed by atoms with Gasteiger partial charge in [-0.25, -0.2) is 0 Å². The van der Waals surface area contributed by atoms with E-state index in [1.807, 2.05) is 36.9 Å². The van der Waals surface area contributed by atoms with Crippen molar-refractivity contribution >= 4 is 27.5 Å². The van der Waals surface area contributed by atoms with E-state index in [4.69, 9.17) is 4.74 Å². The molecule has 0 bridgehead atoms. The number of halogens is 1. The quantitative estimate of drug-likeness (QED) is 0.927. The lowest BCUT2D eigenvalue weighted by Gasteiger charge is -2.31. The van der Waals surface area contributed by atoms with Gasteiger partial charge in [0.2, 0.25) is 5.91 Å². The molecule has 0 aromatic heterocycles. The Kier molecular flexibility index (Phi) is 4.82. The number of nitrogens with one attached hydrogen (secondary N) is 1. The van der Waals surface area contributed by atoms with Gasteiger partial charge in [-0.05, 0) is 37.6 Å². The largest absolute Gasteiger partial charge is 0.376 e. The molecule has 1 fully saturated rings. The van der Waals surface area contributed by atoms with E-state index in [0.717, 1.165) is 15.7 Å². The Hall–Kier alpha value is -1.07. The van der Waals surface area contributed by atoms with Gasteiger partial charge in [0, 0.05) is 23.2 Å². The molecule has 1 N–H and O–H groups in total. The first-order chi connectivity index (χ1) is 9.06. The van der Waals surface area contributed by atoms with Crippen LogP contribution < -0.4 is 5.32 Å². The Bertz CT molecular complexity index is 465. The summed E-state index contributed by atoms with van der Waals surface area (Å²) >= 11 is 3.43. The van der Waals surface area contributed by atoms with Crippen LogP contribution in [-0.2, 0) is 9.53 Å².